The molecule has 0 radical (unpaired) electrons. The zero-order chi connectivity index (χ0) is 9.97. The molecule has 2 heterocycles. The lowest BCUT2D eigenvalue weighted by Crippen LogP contribution is -2.00. The van der Waals surface area contributed by atoms with Crippen LogP contribution >= 0.6 is 11.3 Å². The fourth-order valence-corrected chi connectivity index (χ4v) is 1.94. The largest absolute Gasteiger partial charge is 0.383 e. The average molecular weight is 209 g/mol. The summed E-state index contributed by atoms with van der Waals surface area (Å²) in [6, 6.07) is 5.08. The first-order valence-corrected chi connectivity index (χ1v) is 4.98. The number of hydrogen-bond donors (Lipinski definition) is 1. The number of pyridine rings is 1. The van der Waals surface area contributed by atoms with Crippen molar-refractivity contribution in [3.63, 3.8) is 0 Å². The molecule has 2 aromatic rings. The summed E-state index contributed by atoms with van der Waals surface area (Å²) in [5.74, 6) is -0.478. The zero-order valence-electron chi connectivity index (χ0n) is 7.22. The summed E-state index contributed by atoms with van der Waals surface area (Å²) >= 11 is 1.40. The summed E-state index contributed by atoms with van der Waals surface area (Å²) in [7, 11) is 0. The molecule has 1 atom stereocenters. The van der Waals surface area contributed by atoms with Gasteiger partial charge in [-0.25, -0.2) is 4.39 Å². The van der Waals surface area contributed by atoms with E-state index in [0.717, 1.165) is 11.1 Å². The van der Waals surface area contributed by atoms with Gasteiger partial charge in [-0.15, -0.1) is 11.3 Å². The van der Waals surface area contributed by atoms with Crippen LogP contribution in [0.15, 0.2) is 36.0 Å². The van der Waals surface area contributed by atoms with E-state index in [4.69, 9.17) is 0 Å². The maximum Gasteiger partial charge on any atom is 0.147 e. The lowest BCUT2D eigenvalue weighted by atomic mass is 10.1. The first-order valence-electron chi connectivity index (χ1n) is 4.10. The van der Waals surface area contributed by atoms with E-state index in [1.807, 2.05) is 11.4 Å². The molecule has 2 nitrogen and oxygen atoms in total. The lowest BCUT2D eigenvalue weighted by Gasteiger charge is -2.08. The van der Waals surface area contributed by atoms with E-state index in [1.165, 1.54) is 23.6 Å². The van der Waals surface area contributed by atoms with Crippen LogP contribution in [0, 0.1) is 5.82 Å². The van der Waals surface area contributed by atoms with Crippen molar-refractivity contribution >= 4 is 11.3 Å². The number of hydrogen-bond acceptors (Lipinski definition) is 3. The van der Waals surface area contributed by atoms with Crippen molar-refractivity contribution < 1.29 is 9.50 Å². The predicted octanol–water partition coefficient (Wildman–Crippen LogP) is 2.36. The first kappa shape index (κ1) is 9.30. The van der Waals surface area contributed by atoms with Gasteiger partial charge in [0.1, 0.15) is 11.9 Å². The predicted molar refractivity (Wildman–Crippen MR) is 52.6 cm³/mol. The molecule has 0 saturated carbocycles. The molecule has 14 heavy (non-hydrogen) atoms. The van der Waals surface area contributed by atoms with Gasteiger partial charge in [-0.1, -0.05) is 6.07 Å². The molecule has 0 saturated heterocycles. The minimum Gasteiger partial charge on any atom is -0.383 e. The molecule has 72 valence electrons. The fraction of sp³-hybridized carbons (Fsp3) is 0.100. The molecule has 1 unspecified atom stereocenters. The summed E-state index contributed by atoms with van der Waals surface area (Å²) in [5.41, 5.74) is 0.266. The van der Waals surface area contributed by atoms with E-state index in [1.54, 1.807) is 6.07 Å². The Balaban J connectivity index is 2.37. The summed E-state index contributed by atoms with van der Waals surface area (Å²) < 4.78 is 13.2. The van der Waals surface area contributed by atoms with Crippen molar-refractivity contribution in [1.29, 1.82) is 0 Å². The van der Waals surface area contributed by atoms with Crippen LogP contribution in [0.1, 0.15) is 16.5 Å². The summed E-state index contributed by atoms with van der Waals surface area (Å²) in [6.07, 6.45) is 1.68. The number of aliphatic hydroxyl groups is 1. The second-order valence-corrected chi connectivity index (χ2v) is 3.79. The summed E-state index contributed by atoms with van der Waals surface area (Å²) in [5, 5.41) is 11.6. The minimum absolute atomic E-state index is 0.266. The van der Waals surface area contributed by atoms with Crippen LogP contribution in [0.5, 0.6) is 0 Å². The molecule has 2 rings (SSSR count). The Labute approximate surface area is 84.7 Å². The Morgan fingerprint density at radius 3 is 2.93 bits per heavy atom. The number of rotatable bonds is 2. The molecule has 0 bridgehead atoms. The molecule has 0 aliphatic heterocycles. The van der Waals surface area contributed by atoms with E-state index in [2.05, 4.69) is 4.98 Å². The second kappa shape index (κ2) is 3.86. The van der Waals surface area contributed by atoms with Crippen molar-refractivity contribution in [3.8, 4) is 0 Å². The van der Waals surface area contributed by atoms with Crippen molar-refractivity contribution in [2.45, 2.75) is 6.10 Å². The highest BCUT2D eigenvalue weighted by Crippen LogP contribution is 2.26. The Bertz CT molecular complexity index is 416. The van der Waals surface area contributed by atoms with E-state index in [9.17, 15) is 9.50 Å². The van der Waals surface area contributed by atoms with Crippen LogP contribution < -0.4 is 0 Å². The highest BCUT2D eigenvalue weighted by atomic mass is 32.1. The zero-order valence-corrected chi connectivity index (χ0v) is 8.04. The van der Waals surface area contributed by atoms with Crippen molar-refractivity contribution in [2.24, 2.45) is 0 Å². The SMILES string of the molecule is OC(c1cccs1)c1ccncc1F. The Morgan fingerprint density at radius 2 is 2.29 bits per heavy atom. The van der Waals surface area contributed by atoms with Gasteiger partial charge in [0.25, 0.3) is 0 Å². The standard InChI is InChI=1S/C10H8FNOS/c11-8-6-12-4-3-7(8)10(13)9-2-1-5-14-9/h1-6,10,13H. The van der Waals surface area contributed by atoms with Gasteiger partial charge in [0.05, 0.1) is 6.20 Å². The van der Waals surface area contributed by atoms with E-state index in [0.29, 0.717) is 0 Å². The molecule has 1 N–H and O–H groups in total. The molecular formula is C10H8FNOS. The van der Waals surface area contributed by atoms with E-state index < -0.39 is 11.9 Å². The highest BCUT2D eigenvalue weighted by molar-refractivity contribution is 7.10. The van der Waals surface area contributed by atoms with Gasteiger partial charge in [-0.2, -0.15) is 0 Å². The molecule has 0 aliphatic carbocycles. The molecule has 4 heteroatoms. The van der Waals surface area contributed by atoms with Crippen LogP contribution in [0.4, 0.5) is 4.39 Å². The third-order valence-electron chi connectivity index (χ3n) is 1.91. The number of aromatic nitrogens is 1. The van der Waals surface area contributed by atoms with Crippen LogP contribution in [0.3, 0.4) is 0 Å². The lowest BCUT2D eigenvalue weighted by molar-refractivity contribution is 0.218. The fourth-order valence-electron chi connectivity index (χ4n) is 1.21. The first-order chi connectivity index (χ1) is 6.79. The third kappa shape index (κ3) is 1.66. The normalized spacial score (nSPS) is 12.7. The maximum absolute atomic E-state index is 13.2. The molecule has 0 aromatic carbocycles. The molecule has 2 aromatic heterocycles. The second-order valence-electron chi connectivity index (χ2n) is 2.82. The number of nitrogens with zero attached hydrogens (tertiary/aromatic N) is 1. The summed E-state index contributed by atoms with van der Waals surface area (Å²) in [6.45, 7) is 0. The number of aliphatic hydroxyl groups excluding tert-OH is 1. The molecule has 0 fully saturated rings. The van der Waals surface area contributed by atoms with Crippen LogP contribution in [0.2, 0.25) is 0 Å². The number of thiophene rings is 1. The van der Waals surface area contributed by atoms with Gasteiger partial charge < -0.3 is 5.11 Å². The van der Waals surface area contributed by atoms with Crippen molar-refractivity contribution in [1.82, 2.24) is 4.98 Å². The van der Waals surface area contributed by atoms with Crippen molar-refractivity contribution in [2.75, 3.05) is 0 Å². The van der Waals surface area contributed by atoms with Gasteiger partial charge in [0, 0.05) is 16.6 Å². The minimum atomic E-state index is -0.891. The molecule has 0 spiro atoms. The monoisotopic (exact) mass is 209 g/mol. The van der Waals surface area contributed by atoms with Gasteiger partial charge in [-0.05, 0) is 17.5 Å². The smallest absolute Gasteiger partial charge is 0.147 e. The van der Waals surface area contributed by atoms with Gasteiger partial charge >= 0.3 is 0 Å². The van der Waals surface area contributed by atoms with E-state index in [-0.39, 0.29) is 5.56 Å². The Morgan fingerprint density at radius 1 is 1.43 bits per heavy atom. The Hall–Kier alpha value is -1.26. The van der Waals surface area contributed by atoms with Gasteiger partial charge in [0.15, 0.2) is 0 Å². The summed E-state index contributed by atoms with van der Waals surface area (Å²) in [4.78, 5) is 4.36. The molecule has 0 amide bonds. The Kier molecular flexibility index (Phi) is 2.56. The van der Waals surface area contributed by atoms with Gasteiger partial charge in [-0.3, -0.25) is 4.98 Å². The van der Waals surface area contributed by atoms with Crippen LogP contribution in [0.25, 0.3) is 0 Å². The van der Waals surface area contributed by atoms with Gasteiger partial charge in [0.2, 0.25) is 0 Å². The van der Waals surface area contributed by atoms with E-state index >= 15 is 0 Å². The maximum atomic E-state index is 13.2. The third-order valence-corrected chi connectivity index (χ3v) is 2.84. The molecule has 0 aliphatic rings. The topological polar surface area (TPSA) is 33.1 Å². The van der Waals surface area contributed by atoms with Crippen molar-refractivity contribution in [3.05, 3.63) is 52.2 Å². The van der Waals surface area contributed by atoms with Crippen LogP contribution in [-0.2, 0) is 0 Å². The number of halogens is 1. The van der Waals surface area contributed by atoms with Crippen LogP contribution in [-0.4, -0.2) is 10.1 Å². The highest BCUT2D eigenvalue weighted by Gasteiger charge is 2.15. The quantitative estimate of drug-likeness (QED) is 0.823. The average Bonchev–Trinajstić information content (AvgIpc) is 2.70. The molecular weight excluding hydrogens is 201 g/mol.